The van der Waals surface area contributed by atoms with Crippen LogP contribution in [0.2, 0.25) is 0 Å². The first-order valence-corrected chi connectivity index (χ1v) is 19.3. The lowest BCUT2D eigenvalue weighted by atomic mass is 9.81. The lowest BCUT2D eigenvalue weighted by Gasteiger charge is -2.31. The molecular formula is C53H42N2. The molecule has 0 saturated heterocycles. The first-order chi connectivity index (χ1) is 26.9. The van der Waals surface area contributed by atoms with Crippen molar-refractivity contribution in [2.45, 2.75) is 33.1 Å². The van der Waals surface area contributed by atoms with Crippen molar-refractivity contribution < 1.29 is 0 Å². The minimum Gasteiger partial charge on any atom is -0.310 e. The average Bonchev–Trinajstić information content (AvgIpc) is 3.43. The van der Waals surface area contributed by atoms with Crippen molar-refractivity contribution in [1.29, 1.82) is 0 Å². The van der Waals surface area contributed by atoms with Gasteiger partial charge in [-0.3, -0.25) is 0 Å². The fourth-order valence-electron chi connectivity index (χ4n) is 9.05. The smallest absolute Gasteiger partial charge is 0.0543 e. The molecule has 0 heterocycles. The van der Waals surface area contributed by atoms with Gasteiger partial charge in [-0.15, -0.1) is 0 Å². The van der Waals surface area contributed by atoms with E-state index in [4.69, 9.17) is 0 Å². The first-order valence-electron chi connectivity index (χ1n) is 19.3. The molecule has 0 atom stereocenters. The molecule has 264 valence electrons. The van der Waals surface area contributed by atoms with Crippen LogP contribution in [0.1, 0.15) is 36.1 Å². The lowest BCUT2D eigenvalue weighted by molar-refractivity contribution is 0.661. The van der Waals surface area contributed by atoms with Crippen molar-refractivity contribution in [2.75, 3.05) is 9.80 Å². The van der Waals surface area contributed by atoms with Gasteiger partial charge in [0.05, 0.1) is 17.1 Å². The summed E-state index contributed by atoms with van der Waals surface area (Å²) in [4.78, 5) is 4.93. The quantitative estimate of drug-likeness (QED) is 0.170. The molecule has 9 aromatic carbocycles. The number of aryl methyl sites for hydroxylation is 2. The Kier molecular flexibility index (Phi) is 7.64. The monoisotopic (exact) mass is 706 g/mol. The van der Waals surface area contributed by atoms with Crippen LogP contribution < -0.4 is 9.80 Å². The zero-order valence-electron chi connectivity index (χ0n) is 31.7. The van der Waals surface area contributed by atoms with E-state index in [1.807, 2.05) is 0 Å². The molecule has 0 radical (unpaired) electrons. The van der Waals surface area contributed by atoms with E-state index in [0.29, 0.717) is 0 Å². The zero-order chi connectivity index (χ0) is 37.3. The van der Waals surface area contributed by atoms with Gasteiger partial charge in [-0.05, 0) is 118 Å². The van der Waals surface area contributed by atoms with Crippen LogP contribution in [0.25, 0.3) is 43.4 Å². The Hall–Kier alpha value is -6.64. The summed E-state index contributed by atoms with van der Waals surface area (Å²) in [6.07, 6.45) is 0. The van der Waals surface area contributed by atoms with Crippen molar-refractivity contribution in [3.63, 3.8) is 0 Å². The number of hydrogen-bond acceptors (Lipinski definition) is 2. The van der Waals surface area contributed by atoms with Gasteiger partial charge in [-0.25, -0.2) is 0 Å². The van der Waals surface area contributed by atoms with Gasteiger partial charge in [0.15, 0.2) is 0 Å². The maximum Gasteiger partial charge on any atom is 0.0543 e. The highest BCUT2D eigenvalue weighted by molar-refractivity contribution is 6.12. The minimum absolute atomic E-state index is 0.270. The summed E-state index contributed by atoms with van der Waals surface area (Å²) in [5.41, 5.74) is 14.5. The van der Waals surface area contributed by atoms with Crippen molar-refractivity contribution >= 4 is 66.4 Å². The van der Waals surface area contributed by atoms with Crippen LogP contribution in [0, 0.1) is 13.8 Å². The van der Waals surface area contributed by atoms with Crippen LogP contribution >= 0.6 is 0 Å². The van der Waals surface area contributed by atoms with Crippen LogP contribution in [0.4, 0.5) is 34.1 Å². The lowest BCUT2D eigenvalue weighted by Crippen LogP contribution is -2.18. The molecule has 2 nitrogen and oxygen atoms in total. The standard InChI is InChI=1S/C53H42N2/c1-35-15-11-21-39(31-35)54(49-27-13-19-37-17-5-7-23-42(37)49)41-29-30-46-47(33-41)53(3,4)48-34-51(44-25-9-10-26-45(44)52(46)48)55(40-22-12-16-36(2)32-40)50-28-14-20-38-18-6-8-24-43(38)50/h5-34H,1-4H3. The van der Waals surface area contributed by atoms with E-state index >= 15 is 0 Å². The topological polar surface area (TPSA) is 6.48 Å². The Morgan fingerprint density at radius 1 is 0.364 bits per heavy atom. The van der Waals surface area contributed by atoms with E-state index in [1.165, 1.54) is 82.8 Å². The van der Waals surface area contributed by atoms with E-state index in [9.17, 15) is 0 Å². The molecule has 10 rings (SSSR count). The van der Waals surface area contributed by atoms with Crippen LogP contribution in [-0.2, 0) is 5.41 Å². The van der Waals surface area contributed by atoms with E-state index in [-0.39, 0.29) is 5.41 Å². The Balaban J connectivity index is 1.21. The van der Waals surface area contributed by atoms with E-state index in [0.717, 1.165) is 17.1 Å². The Bertz CT molecular complexity index is 2940. The van der Waals surface area contributed by atoms with Gasteiger partial charge < -0.3 is 9.80 Å². The second-order valence-electron chi connectivity index (χ2n) is 15.6. The van der Waals surface area contributed by atoms with Gasteiger partial charge in [0.1, 0.15) is 0 Å². The summed E-state index contributed by atoms with van der Waals surface area (Å²) in [6, 6.07) is 67.2. The minimum atomic E-state index is -0.270. The molecule has 9 aromatic rings. The average molecular weight is 707 g/mol. The van der Waals surface area contributed by atoms with Gasteiger partial charge in [-0.2, -0.15) is 0 Å². The third kappa shape index (κ3) is 5.32. The van der Waals surface area contributed by atoms with Crippen LogP contribution in [-0.4, -0.2) is 0 Å². The van der Waals surface area contributed by atoms with Gasteiger partial charge in [0, 0.05) is 38.6 Å². The summed E-state index contributed by atoms with van der Waals surface area (Å²) in [5.74, 6) is 0. The van der Waals surface area contributed by atoms with Crippen molar-refractivity contribution in [2.24, 2.45) is 0 Å². The molecular weight excluding hydrogens is 665 g/mol. The molecule has 1 aliphatic carbocycles. The maximum atomic E-state index is 2.49. The molecule has 0 aliphatic heterocycles. The van der Waals surface area contributed by atoms with Crippen molar-refractivity contribution in [1.82, 2.24) is 0 Å². The number of nitrogens with zero attached hydrogens (tertiary/aromatic N) is 2. The predicted octanol–water partition coefficient (Wildman–Crippen LogP) is 15.0. The highest BCUT2D eigenvalue weighted by Gasteiger charge is 2.38. The fourth-order valence-corrected chi connectivity index (χ4v) is 9.05. The van der Waals surface area contributed by atoms with Crippen LogP contribution in [0.15, 0.2) is 182 Å². The van der Waals surface area contributed by atoms with Crippen molar-refractivity contribution in [3.8, 4) is 11.1 Å². The summed E-state index contributed by atoms with van der Waals surface area (Å²) in [6.45, 7) is 9.17. The van der Waals surface area contributed by atoms with Gasteiger partial charge in [0.25, 0.3) is 0 Å². The Morgan fingerprint density at radius 3 is 1.47 bits per heavy atom. The third-order valence-corrected chi connectivity index (χ3v) is 11.7. The van der Waals surface area contributed by atoms with Crippen molar-refractivity contribution in [3.05, 3.63) is 204 Å². The molecule has 55 heavy (non-hydrogen) atoms. The number of fused-ring (bicyclic) bond motifs is 7. The Labute approximate surface area is 323 Å². The fraction of sp³-hybridized carbons (Fsp3) is 0.0943. The van der Waals surface area contributed by atoms with Gasteiger partial charge >= 0.3 is 0 Å². The summed E-state index contributed by atoms with van der Waals surface area (Å²) in [7, 11) is 0. The summed E-state index contributed by atoms with van der Waals surface area (Å²) >= 11 is 0. The van der Waals surface area contributed by atoms with Crippen LogP contribution in [0.3, 0.4) is 0 Å². The highest BCUT2D eigenvalue weighted by atomic mass is 15.2. The molecule has 1 aliphatic rings. The Morgan fingerprint density at radius 2 is 0.855 bits per heavy atom. The molecule has 0 spiro atoms. The largest absolute Gasteiger partial charge is 0.310 e. The molecule has 2 heteroatoms. The molecule has 0 N–H and O–H groups in total. The number of anilines is 6. The van der Waals surface area contributed by atoms with Gasteiger partial charge in [-0.1, -0.05) is 141 Å². The SMILES string of the molecule is Cc1cccc(N(c2ccc3c(c2)C(C)(C)c2cc(N(c4cccc(C)c4)c4cccc5ccccc45)c4ccccc4c2-3)c2cccc3ccccc23)c1. The van der Waals surface area contributed by atoms with E-state index in [2.05, 4.69) is 219 Å². The molecule has 0 bridgehead atoms. The summed E-state index contributed by atoms with van der Waals surface area (Å²) in [5, 5.41) is 7.43. The van der Waals surface area contributed by atoms with Gasteiger partial charge in [0.2, 0.25) is 0 Å². The molecule has 0 fully saturated rings. The van der Waals surface area contributed by atoms with E-state index in [1.54, 1.807) is 0 Å². The second kappa shape index (κ2) is 12.7. The molecule has 0 unspecified atom stereocenters. The van der Waals surface area contributed by atoms with E-state index < -0.39 is 0 Å². The zero-order valence-corrected chi connectivity index (χ0v) is 31.7. The molecule has 0 saturated carbocycles. The maximum absolute atomic E-state index is 2.49. The molecule has 0 aromatic heterocycles. The number of rotatable bonds is 6. The second-order valence-corrected chi connectivity index (χ2v) is 15.6. The van der Waals surface area contributed by atoms with Crippen LogP contribution in [0.5, 0.6) is 0 Å². The highest BCUT2D eigenvalue weighted by Crippen LogP contribution is 2.56. The summed E-state index contributed by atoms with van der Waals surface area (Å²) < 4.78 is 0. The third-order valence-electron chi connectivity index (χ3n) is 11.7. The first kappa shape index (κ1) is 33.0. The normalized spacial score (nSPS) is 12.9. The predicted molar refractivity (Wildman–Crippen MR) is 235 cm³/mol. The molecule has 0 amide bonds. The number of benzene rings is 9. The number of hydrogen-bond donors (Lipinski definition) is 0.